The molecule has 3 heterocycles. The number of hydrogen-bond acceptors (Lipinski definition) is 6. The first-order chi connectivity index (χ1) is 15.3. The van der Waals surface area contributed by atoms with Crippen LogP contribution in [0.25, 0.3) is 11.1 Å². The number of anilines is 1. The van der Waals surface area contributed by atoms with Crippen LogP contribution in [0.3, 0.4) is 0 Å². The van der Waals surface area contributed by atoms with E-state index >= 15 is 0 Å². The quantitative estimate of drug-likeness (QED) is 0.503. The second-order valence-electron chi connectivity index (χ2n) is 7.87. The van der Waals surface area contributed by atoms with Crippen LogP contribution in [0.5, 0.6) is 5.75 Å². The molecule has 0 amide bonds. The summed E-state index contributed by atoms with van der Waals surface area (Å²) in [5, 5.41) is 14.4. The van der Waals surface area contributed by atoms with E-state index < -0.39 is 18.0 Å². The third-order valence-electron chi connectivity index (χ3n) is 5.35. The lowest BCUT2D eigenvalue weighted by atomic mass is 10.0. The van der Waals surface area contributed by atoms with Crippen molar-refractivity contribution in [3.63, 3.8) is 0 Å². The summed E-state index contributed by atoms with van der Waals surface area (Å²) in [6, 6.07) is 4.38. The summed E-state index contributed by atoms with van der Waals surface area (Å²) in [5.74, 6) is 0.120. The van der Waals surface area contributed by atoms with Crippen molar-refractivity contribution in [2.24, 2.45) is 5.92 Å². The minimum atomic E-state index is -0.662. The molecule has 0 bridgehead atoms. The summed E-state index contributed by atoms with van der Waals surface area (Å²) >= 11 is 12.3. The van der Waals surface area contributed by atoms with E-state index in [4.69, 9.17) is 38.4 Å². The molecule has 0 aliphatic carbocycles. The third kappa shape index (κ3) is 4.99. The molecule has 32 heavy (non-hydrogen) atoms. The highest BCUT2D eigenvalue weighted by Crippen LogP contribution is 2.37. The molecule has 0 radical (unpaired) electrons. The maximum absolute atomic E-state index is 13.9. The van der Waals surface area contributed by atoms with Crippen molar-refractivity contribution < 1.29 is 19.0 Å². The van der Waals surface area contributed by atoms with Gasteiger partial charge in [-0.2, -0.15) is 5.10 Å². The number of hydrogen-bond donors (Lipinski definition) is 2. The van der Waals surface area contributed by atoms with Gasteiger partial charge < -0.3 is 20.3 Å². The SMILES string of the molecule is CC(Oc1cc(-c2cnn(CC3COCC(O)C3)c2)cnc1N)c1c(Cl)ccc(F)c1Cl. The van der Waals surface area contributed by atoms with Crippen LogP contribution in [-0.4, -0.2) is 39.2 Å². The number of halogens is 3. The Kier molecular flexibility index (Phi) is 6.85. The van der Waals surface area contributed by atoms with Gasteiger partial charge in [0.15, 0.2) is 11.6 Å². The third-order valence-corrected chi connectivity index (χ3v) is 6.07. The Morgan fingerprint density at radius 1 is 1.31 bits per heavy atom. The van der Waals surface area contributed by atoms with Crippen molar-refractivity contribution in [2.75, 3.05) is 18.9 Å². The zero-order valence-corrected chi connectivity index (χ0v) is 18.9. The number of ether oxygens (including phenoxy) is 2. The molecule has 3 N–H and O–H groups in total. The number of aromatic nitrogens is 3. The molecule has 1 fully saturated rings. The summed E-state index contributed by atoms with van der Waals surface area (Å²) in [6.45, 7) is 3.32. The Hall–Kier alpha value is -2.39. The van der Waals surface area contributed by atoms with Gasteiger partial charge in [-0.3, -0.25) is 4.68 Å². The molecule has 3 unspecified atom stereocenters. The lowest BCUT2D eigenvalue weighted by Gasteiger charge is -2.25. The number of aliphatic hydroxyl groups is 1. The van der Waals surface area contributed by atoms with E-state index in [0.29, 0.717) is 42.5 Å². The van der Waals surface area contributed by atoms with Gasteiger partial charge in [0.25, 0.3) is 0 Å². The van der Waals surface area contributed by atoms with Crippen molar-refractivity contribution in [3.05, 3.63) is 58.2 Å². The highest BCUT2D eigenvalue weighted by atomic mass is 35.5. The van der Waals surface area contributed by atoms with Crippen LogP contribution in [-0.2, 0) is 11.3 Å². The molecule has 3 atom stereocenters. The van der Waals surface area contributed by atoms with Crippen molar-refractivity contribution in [3.8, 4) is 16.9 Å². The first kappa shape index (κ1) is 22.8. The summed E-state index contributed by atoms with van der Waals surface area (Å²) in [7, 11) is 0. The summed E-state index contributed by atoms with van der Waals surface area (Å²) < 4.78 is 27.1. The molecule has 1 aromatic carbocycles. The standard InChI is InChI=1S/C22H23Cl2FN4O3/c1-12(20-17(23)2-3-18(25)21(20)24)32-19-5-14(6-27-22(19)26)15-7-28-29(9-15)8-13-4-16(30)11-31-10-13/h2-3,5-7,9,12-13,16,30H,4,8,10-11H2,1H3,(H2,26,27). The molecule has 4 rings (SSSR count). The molecule has 1 aliphatic rings. The Morgan fingerprint density at radius 3 is 2.91 bits per heavy atom. The predicted octanol–water partition coefficient (Wildman–Crippen LogP) is 4.51. The van der Waals surface area contributed by atoms with Crippen LogP contribution >= 0.6 is 23.2 Å². The molecule has 0 saturated carbocycles. The van der Waals surface area contributed by atoms with E-state index in [9.17, 15) is 9.50 Å². The highest BCUT2D eigenvalue weighted by Gasteiger charge is 2.22. The fraction of sp³-hybridized carbons (Fsp3) is 0.364. The molecule has 1 saturated heterocycles. The van der Waals surface area contributed by atoms with Gasteiger partial charge in [0.1, 0.15) is 11.9 Å². The van der Waals surface area contributed by atoms with Crippen LogP contribution in [0, 0.1) is 11.7 Å². The number of rotatable bonds is 6. The average molecular weight is 481 g/mol. The monoisotopic (exact) mass is 480 g/mol. The second kappa shape index (κ2) is 9.62. The molecule has 2 aromatic heterocycles. The maximum Gasteiger partial charge on any atom is 0.166 e. The van der Waals surface area contributed by atoms with Gasteiger partial charge in [0.2, 0.25) is 0 Å². The second-order valence-corrected chi connectivity index (χ2v) is 8.65. The lowest BCUT2D eigenvalue weighted by molar-refractivity contribution is -0.0404. The molecule has 3 aromatic rings. The molecule has 1 aliphatic heterocycles. The number of pyridine rings is 1. The minimum absolute atomic E-state index is 0.0919. The smallest absolute Gasteiger partial charge is 0.166 e. The largest absolute Gasteiger partial charge is 0.482 e. The molecule has 0 spiro atoms. The van der Waals surface area contributed by atoms with Crippen LogP contribution in [0.1, 0.15) is 25.0 Å². The van der Waals surface area contributed by atoms with Crippen molar-refractivity contribution >= 4 is 29.0 Å². The summed E-state index contributed by atoms with van der Waals surface area (Å²) in [6.07, 6.45) is 4.82. The average Bonchev–Trinajstić information content (AvgIpc) is 3.21. The van der Waals surface area contributed by atoms with Crippen LogP contribution in [0.2, 0.25) is 10.0 Å². The normalized spacial score (nSPS) is 19.7. The molecule has 7 nitrogen and oxygen atoms in total. The zero-order chi connectivity index (χ0) is 22.8. The van der Waals surface area contributed by atoms with Crippen molar-refractivity contribution in [1.29, 1.82) is 0 Å². The van der Waals surface area contributed by atoms with Crippen molar-refractivity contribution in [2.45, 2.75) is 32.1 Å². The highest BCUT2D eigenvalue weighted by molar-refractivity contribution is 6.36. The van der Waals surface area contributed by atoms with Gasteiger partial charge in [-0.25, -0.2) is 9.37 Å². The predicted molar refractivity (Wildman–Crippen MR) is 120 cm³/mol. The molecular weight excluding hydrogens is 458 g/mol. The van der Waals surface area contributed by atoms with Gasteiger partial charge in [-0.05, 0) is 31.5 Å². The lowest BCUT2D eigenvalue weighted by Crippen LogP contribution is -2.31. The zero-order valence-electron chi connectivity index (χ0n) is 17.3. The number of benzene rings is 1. The molecule has 170 valence electrons. The summed E-state index contributed by atoms with van der Waals surface area (Å²) in [5.41, 5.74) is 7.92. The maximum atomic E-state index is 13.9. The molecular formula is C22H23Cl2FN4O3. The Labute approximate surface area is 194 Å². The van der Waals surface area contributed by atoms with E-state index in [1.807, 2.05) is 10.9 Å². The minimum Gasteiger partial charge on any atom is -0.482 e. The van der Waals surface area contributed by atoms with E-state index in [1.54, 1.807) is 25.4 Å². The van der Waals surface area contributed by atoms with Crippen LogP contribution in [0.15, 0.2) is 36.8 Å². The van der Waals surface area contributed by atoms with Gasteiger partial charge >= 0.3 is 0 Å². The van der Waals surface area contributed by atoms with Crippen LogP contribution in [0.4, 0.5) is 10.2 Å². The van der Waals surface area contributed by atoms with E-state index in [1.165, 1.54) is 12.1 Å². The number of nitrogen functional groups attached to an aromatic ring is 1. The molecule has 10 heteroatoms. The number of nitrogens with zero attached hydrogens (tertiary/aromatic N) is 3. The summed E-state index contributed by atoms with van der Waals surface area (Å²) in [4.78, 5) is 4.22. The Morgan fingerprint density at radius 2 is 2.12 bits per heavy atom. The first-order valence-corrected chi connectivity index (χ1v) is 10.9. The Bertz CT molecular complexity index is 1110. The van der Waals surface area contributed by atoms with Crippen molar-refractivity contribution in [1.82, 2.24) is 14.8 Å². The van der Waals surface area contributed by atoms with Gasteiger partial charge in [0.05, 0.1) is 30.5 Å². The fourth-order valence-electron chi connectivity index (χ4n) is 3.77. The first-order valence-electron chi connectivity index (χ1n) is 10.2. The fourth-order valence-corrected chi connectivity index (χ4v) is 4.45. The van der Waals surface area contributed by atoms with Crippen LogP contribution < -0.4 is 10.5 Å². The van der Waals surface area contributed by atoms with E-state index in [0.717, 1.165) is 11.1 Å². The number of aliphatic hydroxyl groups excluding tert-OH is 1. The van der Waals surface area contributed by atoms with Gasteiger partial charge in [0, 0.05) is 46.6 Å². The topological polar surface area (TPSA) is 95.4 Å². The van der Waals surface area contributed by atoms with E-state index in [-0.39, 0.29) is 16.8 Å². The van der Waals surface area contributed by atoms with Gasteiger partial charge in [-0.15, -0.1) is 0 Å². The Balaban J connectivity index is 1.52. The number of nitrogens with two attached hydrogens (primary N) is 1. The van der Waals surface area contributed by atoms with E-state index in [2.05, 4.69) is 10.1 Å². The van der Waals surface area contributed by atoms with Gasteiger partial charge in [-0.1, -0.05) is 23.2 Å².